The molecule has 1 aromatic rings. The van der Waals surface area contributed by atoms with Crippen LogP contribution in [0.3, 0.4) is 0 Å². The van der Waals surface area contributed by atoms with Gasteiger partial charge in [0.15, 0.2) is 0 Å². The summed E-state index contributed by atoms with van der Waals surface area (Å²) in [6, 6.07) is 5.50. The zero-order valence-corrected chi connectivity index (χ0v) is 11.9. The number of rotatable bonds is 5. The molecule has 0 bridgehead atoms. The van der Waals surface area contributed by atoms with Crippen LogP contribution in [0.5, 0.6) is 5.75 Å². The molecule has 3 nitrogen and oxygen atoms in total. The molecule has 19 heavy (non-hydrogen) atoms. The summed E-state index contributed by atoms with van der Waals surface area (Å²) in [5, 5.41) is 14.1. The van der Waals surface area contributed by atoms with Crippen LogP contribution in [0.1, 0.15) is 24.4 Å². The second-order valence-electron chi connectivity index (χ2n) is 4.87. The van der Waals surface area contributed by atoms with Gasteiger partial charge in [-0.1, -0.05) is 17.7 Å². The molecule has 1 aliphatic heterocycles. The zero-order chi connectivity index (χ0) is 13.7. The standard InChI is InChI=1S/C15H21ClN2O/c1-2-3-4-14(18-9-7-17-8-10-18)13-11-12(16)5-6-15(13)19/h2,5-6,11,14,17,19H,1,3-4,7-10H2/t14-/m1/s1. The molecular weight excluding hydrogens is 260 g/mol. The monoisotopic (exact) mass is 280 g/mol. The maximum absolute atomic E-state index is 10.1. The van der Waals surface area contributed by atoms with E-state index < -0.39 is 0 Å². The van der Waals surface area contributed by atoms with E-state index in [0.29, 0.717) is 10.8 Å². The van der Waals surface area contributed by atoms with E-state index >= 15 is 0 Å². The number of benzene rings is 1. The van der Waals surface area contributed by atoms with E-state index in [-0.39, 0.29) is 6.04 Å². The number of phenols is 1. The fourth-order valence-electron chi connectivity index (χ4n) is 2.60. The molecule has 1 heterocycles. The Kier molecular flexibility index (Phi) is 5.25. The number of nitrogens with one attached hydrogen (secondary N) is 1. The number of phenolic OH excluding ortho intramolecular Hbond substituents is 1. The molecule has 104 valence electrons. The van der Waals surface area contributed by atoms with Crippen LogP contribution in [0, 0.1) is 0 Å². The minimum absolute atomic E-state index is 0.207. The van der Waals surface area contributed by atoms with Crippen molar-refractivity contribution in [3.63, 3.8) is 0 Å². The lowest BCUT2D eigenvalue weighted by Crippen LogP contribution is -2.45. The quantitative estimate of drug-likeness (QED) is 0.814. The average molecular weight is 281 g/mol. The van der Waals surface area contributed by atoms with E-state index in [4.69, 9.17) is 11.6 Å². The molecule has 1 fully saturated rings. The molecule has 1 aliphatic rings. The molecule has 0 aliphatic carbocycles. The molecule has 1 saturated heterocycles. The van der Waals surface area contributed by atoms with Crippen molar-refractivity contribution in [2.45, 2.75) is 18.9 Å². The van der Waals surface area contributed by atoms with Gasteiger partial charge in [0.05, 0.1) is 0 Å². The first-order valence-electron chi connectivity index (χ1n) is 6.76. The normalized spacial score (nSPS) is 18.2. The van der Waals surface area contributed by atoms with E-state index in [2.05, 4.69) is 16.8 Å². The molecule has 2 N–H and O–H groups in total. The highest BCUT2D eigenvalue weighted by molar-refractivity contribution is 6.30. The molecule has 1 atom stereocenters. The summed E-state index contributed by atoms with van der Waals surface area (Å²) in [5.41, 5.74) is 0.927. The summed E-state index contributed by atoms with van der Waals surface area (Å²) < 4.78 is 0. The molecule has 0 amide bonds. The number of hydrogen-bond donors (Lipinski definition) is 2. The lowest BCUT2D eigenvalue weighted by Gasteiger charge is -2.35. The van der Waals surface area contributed by atoms with Crippen molar-refractivity contribution in [3.8, 4) is 5.75 Å². The van der Waals surface area contributed by atoms with E-state index in [1.165, 1.54) is 0 Å². The summed E-state index contributed by atoms with van der Waals surface area (Å²) in [6.45, 7) is 7.76. The number of nitrogens with zero attached hydrogens (tertiary/aromatic N) is 1. The van der Waals surface area contributed by atoms with Gasteiger partial charge in [-0.05, 0) is 31.0 Å². The first-order chi connectivity index (χ1) is 9.22. The Labute approximate surface area is 119 Å². The summed E-state index contributed by atoms with van der Waals surface area (Å²) in [6.07, 6.45) is 3.81. The van der Waals surface area contributed by atoms with E-state index in [1.54, 1.807) is 12.1 Å². The van der Waals surface area contributed by atoms with Crippen molar-refractivity contribution in [2.24, 2.45) is 0 Å². The predicted octanol–water partition coefficient (Wildman–Crippen LogP) is 2.96. The van der Waals surface area contributed by atoms with Crippen molar-refractivity contribution < 1.29 is 5.11 Å². The maximum atomic E-state index is 10.1. The highest BCUT2D eigenvalue weighted by atomic mass is 35.5. The zero-order valence-electron chi connectivity index (χ0n) is 11.1. The molecule has 0 saturated carbocycles. The van der Waals surface area contributed by atoms with Crippen LogP contribution in [-0.4, -0.2) is 36.2 Å². The maximum Gasteiger partial charge on any atom is 0.120 e. The summed E-state index contributed by atoms with van der Waals surface area (Å²) in [7, 11) is 0. The van der Waals surface area contributed by atoms with Gasteiger partial charge in [-0.2, -0.15) is 0 Å². The van der Waals surface area contributed by atoms with Crippen LogP contribution in [-0.2, 0) is 0 Å². The van der Waals surface area contributed by atoms with Crippen LogP contribution >= 0.6 is 11.6 Å². The first kappa shape index (κ1) is 14.4. The number of hydrogen-bond acceptors (Lipinski definition) is 3. The average Bonchev–Trinajstić information content (AvgIpc) is 2.44. The van der Waals surface area contributed by atoms with Crippen molar-refractivity contribution >= 4 is 11.6 Å². The Bertz CT molecular complexity index is 430. The van der Waals surface area contributed by atoms with Crippen LogP contribution in [0.25, 0.3) is 0 Å². The Morgan fingerprint density at radius 2 is 2.16 bits per heavy atom. The van der Waals surface area contributed by atoms with Crippen LogP contribution in [0.15, 0.2) is 30.9 Å². The van der Waals surface area contributed by atoms with Gasteiger partial charge in [-0.25, -0.2) is 0 Å². The van der Waals surface area contributed by atoms with Gasteiger partial charge in [0.2, 0.25) is 0 Å². The van der Waals surface area contributed by atoms with E-state index in [1.807, 2.05) is 12.1 Å². The van der Waals surface area contributed by atoms with Gasteiger partial charge in [-0.15, -0.1) is 6.58 Å². The van der Waals surface area contributed by atoms with Crippen molar-refractivity contribution in [1.29, 1.82) is 0 Å². The second-order valence-corrected chi connectivity index (χ2v) is 5.31. The number of piperazine rings is 1. The third-order valence-electron chi connectivity index (χ3n) is 3.59. The lowest BCUT2D eigenvalue weighted by atomic mass is 9.98. The summed E-state index contributed by atoms with van der Waals surface area (Å²) >= 11 is 6.07. The Balaban J connectivity index is 2.24. The van der Waals surface area contributed by atoms with Gasteiger partial charge >= 0.3 is 0 Å². The second kappa shape index (κ2) is 6.94. The predicted molar refractivity (Wildman–Crippen MR) is 79.7 cm³/mol. The van der Waals surface area contributed by atoms with Gasteiger partial charge in [0.25, 0.3) is 0 Å². The Morgan fingerprint density at radius 3 is 2.84 bits per heavy atom. The van der Waals surface area contributed by atoms with Gasteiger partial charge in [-0.3, -0.25) is 4.90 Å². The highest BCUT2D eigenvalue weighted by Crippen LogP contribution is 2.34. The topological polar surface area (TPSA) is 35.5 Å². The van der Waals surface area contributed by atoms with Crippen molar-refractivity contribution in [2.75, 3.05) is 26.2 Å². The van der Waals surface area contributed by atoms with E-state index in [9.17, 15) is 5.11 Å². The fourth-order valence-corrected chi connectivity index (χ4v) is 2.78. The van der Waals surface area contributed by atoms with Gasteiger partial charge < -0.3 is 10.4 Å². The molecular formula is C15H21ClN2O. The van der Waals surface area contributed by atoms with E-state index in [0.717, 1.165) is 44.6 Å². The molecule has 0 radical (unpaired) electrons. The summed E-state index contributed by atoms with van der Waals surface area (Å²) in [4.78, 5) is 2.41. The van der Waals surface area contributed by atoms with Crippen molar-refractivity contribution in [1.82, 2.24) is 10.2 Å². The minimum atomic E-state index is 0.207. The molecule has 0 spiro atoms. The molecule has 0 unspecified atom stereocenters. The summed E-state index contributed by atoms with van der Waals surface area (Å²) in [5.74, 6) is 0.331. The van der Waals surface area contributed by atoms with Crippen LogP contribution in [0.4, 0.5) is 0 Å². The fraction of sp³-hybridized carbons (Fsp3) is 0.467. The van der Waals surface area contributed by atoms with Gasteiger partial charge in [0, 0.05) is 42.8 Å². The Morgan fingerprint density at radius 1 is 1.42 bits per heavy atom. The number of aromatic hydroxyl groups is 1. The van der Waals surface area contributed by atoms with Crippen molar-refractivity contribution in [3.05, 3.63) is 41.4 Å². The minimum Gasteiger partial charge on any atom is -0.508 e. The molecule has 1 aromatic carbocycles. The SMILES string of the molecule is C=CCC[C@H](c1cc(Cl)ccc1O)N1CCNCC1. The number of halogens is 1. The largest absolute Gasteiger partial charge is 0.508 e. The molecule has 4 heteroatoms. The third kappa shape index (κ3) is 3.72. The number of allylic oxidation sites excluding steroid dienone is 1. The first-order valence-corrected chi connectivity index (χ1v) is 7.14. The highest BCUT2D eigenvalue weighted by Gasteiger charge is 2.23. The molecule has 2 rings (SSSR count). The molecule has 0 aromatic heterocycles. The smallest absolute Gasteiger partial charge is 0.120 e. The Hall–Kier alpha value is -1.03. The van der Waals surface area contributed by atoms with Gasteiger partial charge in [0.1, 0.15) is 5.75 Å². The van der Waals surface area contributed by atoms with Crippen LogP contribution < -0.4 is 5.32 Å². The lowest BCUT2D eigenvalue weighted by molar-refractivity contribution is 0.163. The third-order valence-corrected chi connectivity index (χ3v) is 3.82. The van der Waals surface area contributed by atoms with Crippen LogP contribution in [0.2, 0.25) is 5.02 Å².